The highest BCUT2D eigenvalue weighted by Crippen LogP contribution is 2.30. The third-order valence-electron chi connectivity index (χ3n) is 2.41. The van der Waals surface area contributed by atoms with E-state index in [-0.39, 0.29) is 11.6 Å². The predicted octanol–water partition coefficient (Wildman–Crippen LogP) is 3.28. The highest BCUT2D eigenvalue weighted by Gasteiger charge is 2.12. The number of hydrogen-bond acceptors (Lipinski definition) is 4. The summed E-state index contributed by atoms with van der Waals surface area (Å²) < 4.78 is 13.5. The Kier molecular flexibility index (Phi) is 3.72. The molecule has 0 amide bonds. The van der Waals surface area contributed by atoms with Gasteiger partial charge in [-0.2, -0.15) is 0 Å². The van der Waals surface area contributed by atoms with Crippen LogP contribution in [-0.4, -0.2) is 15.8 Å². The van der Waals surface area contributed by atoms with Crippen molar-refractivity contribution < 1.29 is 9.18 Å². The van der Waals surface area contributed by atoms with Crippen molar-refractivity contribution in [2.24, 2.45) is 0 Å². The van der Waals surface area contributed by atoms with Crippen molar-refractivity contribution in [1.29, 1.82) is 0 Å². The van der Waals surface area contributed by atoms with Crippen molar-refractivity contribution in [3.05, 3.63) is 47.7 Å². The Labute approximate surface area is 108 Å². The summed E-state index contributed by atoms with van der Waals surface area (Å²) in [6.45, 7) is 3.09. The molecule has 18 heavy (non-hydrogen) atoms. The molecule has 1 aromatic heterocycles. The summed E-state index contributed by atoms with van der Waals surface area (Å²) in [6.07, 6.45) is 3.06. The van der Waals surface area contributed by atoms with Crippen LogP contribution in [-0.2, 0) is 0 Å². The van der Waals surface area contributed by atoms with E-state index >= 15 is 0 Å². The molecule has 0 spiro atoms. The molecular formula is C13H11FN2OS. The Morgan fingerprint density at radius 3 is 2.78 bits per heavy atom. The van der Waals surface area contributed by atoms with E-state index in [9.17, 15) is 9.18 Å². The minimum absolute atomic E-state index is 0.162. The molecule has 0 bridgehead atoms. The predicted molar refractivity (Wildman–Crippen MR) is 67.3 cm³/mol. The number of halogens is 1. The summed E-state index contributed by atoms with van der Waals surface area (Å²) >= 11 is 1.33. The first-order valence-corrected chi connectivity index (χ1v) is 6.14. The van der Waals surface area contributed by atoms with Crippen LogP contribution in [0.4, 0.5) is 4.39 Å². The Bertz CT molecular complexity index is 587. The van der Waals surface area contributed by atoms with Gasteiger partial charge in [-0.3, -0.25) is 4.79 Å². The standard InChI is InChI=1S/C13H11FN2OS/c1-8-5-12(10(9(2)17)6-11(8)14)18-13-3-4-15-7-16-13/h3-7H,1-2H3. The van der Waals surface area contributed by atoms with Gasteiger partial charge in [0.25, 0.3) is 0 Å². The third-order valence-corrected chi connectivity index (χ3v) is 3.42. The van der Waals surface area contributed by atoms with Crippen molar-refractivity contribution in [1.82, 2.24) is 9.97 Å². The molecule has 1 heterocycles. The maximum absolute atomic E-state index is 13.5. The molecule has 92 valence electrons. The van der Waals surface area contributed by atoms with Crippen LogP contribution >= 0.6 is 11.8 Å². The number of aryl methyl sites for hydroxylation is 1. The Morgan fingerprint density at radius 2 is 2.17 bits per heavy atom. The fourth-order valence-corrected chi connectivity index (χ4v) is 2.47. The van der Waals surface area contributed by atoms with Gasteiger partial charge in [0, 0.05) is 16.7 Å². The summed E-state index contributed by atoms with van der Waals surface area (Å²) in [5, 5.41) is 0.721. The number of aromatic nitrogens is 2. The van der Waals surface area contributed by atoms with Gasteiger partial charge in [0.1, 0.15) is 17.2 Å². The number of hydrogen-bond donors (Lipinski definition) is 0. The Hall–Kier alpha value is -1.75. The molecule has 5 heteroatoms. The number of Topliss-reactive ketones (excluding diaryl/α,β-unsaturated/α-hetero) is 1. The lowest BCUT2D eigenvalue weighted by molar-refractivity contribution is 0.101. The molecule has 2 aromatic rings. The summed E-state index contributed by atoms with van der Waals surface area (Å²) in [5.74, 6) is -0.530. The summed E-state index contributed by atoms with van der Waals surface area (Å²) in [5.41, 5.74) is 0.887. The molecule has 0 saturated heterocycles. The smallest absolute Gasteiger partial charge is 0.161 e. The lowest BCUT2D eigenvalue weighted by Crippen LogP contribution is -1.98. The van der Waals surface area contributed by atoms with Crippen LogP contribution in [0.15, 0.2) is 40.6 Å². The minimum Gasteiger partial charge on any atom is -0.294 e. The van der Waals surface area contributed by atoms with Crippen LogP contribution in [0.5, 0.6) is 0 Å². The van der Waals surface area contributed by atoms with Crippen LogP contribution < -0.4 is 0 Å². The van der Waals surface area contributed by atoms with E-state index in [1.807, 2.05) is 0 Å². The average Bonchev–Trinajstić information content (AvgIpc) is 2.34. The van der Waals surface area contributed by atoms with Gasteiger partial charge in [-0.05, 0) is 37.6 Å². The molecule has 0 aliphatic carbocycles. The maximum atomic E-state index is 13.5. The van der Waals surface area contributed by atoms with E-state index in [1.165, 1.54) is 31.1 Å². The third kappa shape index (κ3) is 2.73. The highest BCUT2D eigenvalue weighted by molar-refractivity contribution is 7.99. The first kappa shape index (κ1) is 12.7. The normalized spacial score (nSPS) is 10.4. The quantitative estimate of drug-likeness (QED) is 0.629. The van der Waals surface area contributed by atoms with Gasteiger partial charge in [-0.25, -0.2) is 14.4 Å². The Morgan fingerprint density at radius 1 is 1.39 bits per heavy atom. The minimum atomic E-state index is -0.368. The maximum Gasteiger partial charge on any atom is 0.161 e. The molecule has 1 aromatic carbocycles. The fraction of sp³-hybridized carbons (Fsp3) is 0.154. The van der Waals surface area contributed by atoms with E-state index in [0.29, 0.717) is 16.0 Å². The van der Waals surface area contributed by atoms with E-state index in [2.05, 4.69) is 9.97 Å². The molecule has 0 radical (unpaired) electrons. The van der Waals surface area contributed by atoms with Crippen molar-refractivity contribution in [3.8, 4) is 0 Å². The van der Waals surface area contributed by atoms with Gasteiger partial charge < -0.3 is 0 Å². The second kappa shape index (κ2) is 5.27. The molecule has 0 aliphatic rings. The van der Waals surface area contributed by atoms with Gasteiger partial charge in [0.2, 0.25) is 0 Å². The molecule has 0 unspecified atom stereocenters. The number of carbonyl (C=O) groups is 1. The molecule has 3 nitrogen and oxygen atoms in total. The number of nitrogens with zero attached hydrogens (tertiary/aromatic N) is 2. The van der Waals surface area contributed by atoms with Crippen LogP contribution in [0, 0.1) is 12.7 Å². The van der Waals surface area contributed by atoms with Gasteiger partial charge in [-0.1, -0.05) is 11.8 Å². The van der Waals surface area contributed by atoms with E-state index in [1.54, 1.807) is 25.3 Å². The lowest BCUT2D eigenvalue weighted by Gasteiger charge is -2.08. The van der Waals surface area contributed by atoms with Crippen molar-refractivity contribution in [3.63, 3.8) is 0 Å². The van der Waals surface area contributed by atoms with Gasteiger partial charge >= 0.3 is 0 Å². The molecule has 0 N–H and O–H groups in total. The number of ketones is 1. The van der Waals surface area contributed by atoms with Gasteiger partial charge in [0.15, 0.2) is 5.78 Å². The number of benzene rings is 1. The monoisotopic (exact) mass is 262 g/mol. The average molecular weight is 262 g/mol. The number of rotatable bonds is 3. The van der Waals surface area contributed by atoms with Crippen LogP contribution in [0.2, 0.25) is 0 Å². The second-order valence-corrected chi connectivity index (χ2v) is 4.87. The van der Waals surface area contributed by atoms with E-state index < -0.39 is 0 Å². The highest BCUT2D eigenvalue weighted by atomic mass is 32.2. The lowest BCUT2D eigenvalue weighted by atomic mass is 10.1. The fourth-order valence-electron chi connectivity index (χ4n) is 1.47. The van der Waals surface area contributed by atoms with Crippen molar-refractivity contribution in [2.45, 2.75) is 23.8 Å². The first-order valence-electron chi connectivity index (χ1n) is 5.33. The largest absolute Gasteiger partial charge is 0.294 e. The second-order valence-electron chi connectivity index (χ2n) is 3.80. The summed E-state index contributed by atoms with van der Waals surface area (Å²) in [6, 6.07) is 4.69. The van der Waals surface area contributed by atoms with Crippen molar-refractivity contribution >= 4 is 17.5 Å². The van der Waals surface area contributed by atoms with Gasteiger partial charge in [0.05, 0.1) is 0 Å². The molecular weight excluding hydrogens is 251 g/mol. The summed E-state index contributed by atoms with van der Waals surface area (Å²) in [7, 11) is 0. The van der Waals surface area contributed by atoms with E-state index in [0.717, 1.165) is 5.03 Å². The Balaban J connectivity index is 2.43. The van der Waals surface area contributed by atoms with Crippen LogP contribution in [0.25, 0.3) is 0 Å². The molecule has 0 saturated carbocycles. The zero-order valence-corrected chi connectivity index (χ0v) is 10.8. The zero-order valence-electron chi connectivity index (χ0n) is 9.98. The zero-order chi connectivity index (χ0) is 13.1. The summed E-state index contributed by atoms with van der Waals surface area (Å²) in [4.78, 5) is 20.1. The SMILES string of the molecule is CC(=O)c1cc(F)c(C)cc1Sc1ccncn1. The molecule has 0 atom stereocenters. The molecule has 0 fully saturated rings. The van der Waals surface area contributed by atoms with Gasteiger partial charge in [-0.15, -0.1) is 0 Å². The van der Waals surface area contributed by atoms with E-state index in [4.69, 9.17) is 0 Å². The topological polar surface area (TPSA) is 42.9 Å². The molecule has 0 aliphatic heterocycles. The first-order chi connectivity index (χ1) is 8.58. The number of carbonyl (C=O) groups excluding carboxylic acids is 1. The molecule has 2 rings (SSSR count). The van der Waals surface area contributed by atoms with Crippen molar-refractivity contribution in [2.75, 3.05) is 0 Å². The van der Waals surface area contributed by atoms with Crippen LogP contribution in [0.1, 0.15) is 22.8 Å². The van der Waals surface area contributed by atoms with Crippen LogP contribution in [0.3, 0.4) is 0 Å².